The Morgan fingerprint density at radius 3 is 2.57 bits per heavy atom. The molecule has 1 unspecified atom stereocenters. The summed E-state index contributed by atoms with van der Waals surface area (Å²) in [6, 6.07) is -0.596. The number of nitrogens with zero attached hydrogens (tertiary/aromatic N) is 2. The minimum atomic E-state index is -1.31. The van der Waals surface area contributed by atoms with Gasteiger partial charge in [0.15, 0.2) is 0 Å². The van der Waals surface area contributed by atoms with Gasteiger partial charge < -0.3 is 9.47 Å². The van der Waals surface area contributed by atoms with Crippen molar-refractivity contribution in [2.75, 3.05) is 20.7 Å². The number of hydrogen-bond acceptors (Lipinski definition) is 8. The van der Waals surface area contributed by atoms with Crippen molar-refractivity contribution in [3.05, 3.63) is 22.3 Å². The van der Waals surface area contributed by atoms with Crippen LogP contribution in [0.1, 0.15) is 20.3 Å². The smallest absolute Gasteiger partial charge is 0.323 e. The van der Waals surface area contributed by atoms with Crippen molar-refractivity contribution >= 4 is 11.9 Å². The van der Waals surface area contributed by atoms with E-state index >= 15 is 0 Å². The molecule has 0 bridgehead atoms. The molecule has 0 aromatic heterocycles. The van der Waals surface area contributed by atoms with Crippen LogP contribution in [0.25, 0.3) is 0 Å². The van der Waals surface area contributed by atoms with Crippen molar-refractivity contribution in [2.45, 2.75) is 32.6 Å². The number of ether oxygens (including phenoxy) is 2. The van der Waals surface area contributed by atoms with Gasteiger partial charge in [-0.1, -0.05) is 12.2 Å². The standard InChI is InChI=1S/C14H22N2O7/c1-8(2)11-7-15(4)13(14(18)21-5)10(11)6-12(17)22-9(3)23-16(19)20/h9-11,13H,1,6-7H2,2-5H3/t9?,10-,11+,13-/m0/s1. The first-order valence-corrected chi connectivity index (χ1v) is 7.11. The molecule has 130 valence electrons. The largest absolute Gasteiger partial charge is 0.468 e. The lowest BCUT2D eigenvalue weighted by Gasteiger charge is -2.24. The first kappa shape index (κ1) is 18.9. The van der Waals surface area contributed by atoms with Crippen molar-refractivity contribution in [1.82, 2.24) is 4.90 Å². The lowest BCUT2D eigenvalue weighted by atomic mass is 9.84. The Bertz CT molecular complexity index is 494. The van der Waals surface area contributed by atoms with Crippen LogP contribution in [0.15, 0.2) is 12.2 Å². The van der Waals surface area contributed by atoms with Gasteiger partial charge in [0.1, 0.15) is 6.04 Å². The van der Waals surface area contributed by atoms with E-state index in [1.807, 2.05) is 6.92 Å². The van der Waals surface area contributed by atoms with Gasteiger partial charge in [0, 0.05) is 12.5 Å². The molecule has 1 aliphatic rings. The molecule has 0 amide bonds. The van der Waals surface area contributed by atoms with E-state index < -0.39 is 29.4 Å². The van der Waals surface area contributed by atoms with E-state index in [9.17, 15) is 19.7 Å². The number of carbonyl (C=O) groups is 2. The van der Waals surface area contributed by atoms with E-state index in [-0.39, 0.29) is 18.3 Å². The molecule has 0 radical (unpaired) electrons. The Morgan fingerprint density at radius 1 is 1.48 bits per heavy atom. The van der Waals surface area contributed by atoms with Crippen molar-refractivity contribution in [3.8, 4) is 0 Å². The Balaban J connectivity index is 2.82. The van der Waals surface area contributed by atoms with Gasteiger partial charge in [0.2, 0.25) is 6.29 Å². The van der Waals surface area contributed by atoms with Crippen LogP contribution >= 0.6 is 0 Å². The summed E-state index contributed by atoms with van der Waals surface area (Å²) in [6.45, 7) is 7.54. The molecule has 23 heavy (non-hydrogen) atoms. The van der Waals surface area contributed by atoms with E-state index in [1.54, 1.807) is 11.9 Å². The SMILES string of the molecule is C=C(C)[C@H]1CN(C)[C@H](C(=O)OC)[C@H]1CC(=O)OC(C)O[N+](=O)[O-]. The molecule has 0 aromatic rings. The number of rotatable bonds is 7. The van der Waals surface area contributed by atoms with Gasteiger partial charge in [0.05, 0.1) is 13.5 Å². The number of likely N-dealkylation sites (N-methyl/N-ethyl adjacent to an activating group) is 1. The molecule has 1 heterocycles. The topological polar surface area (TPSA) is 108 Å². The van der Waals surface area contributed by atoms with Gasteiger partial charge in [-0.25, -0.2) is 0 Å². The number of likely N-dealkylation sites (tertiary alicyclic amines) is 1. The normalized spacial score (nSPS) is 25.5. The maximum atomic E-state index is 12.0. The third kappa shape index (κ3) is 4.92. The number of methoxy groups -OCH3 is 1. The first-order chi connectivity index (χ1) is 10.7. The zero-order valence-electron chi connectivity index (χ0n) is 13.7. The zero-order valence-corrected chi connectivity index (χ0v) is 13.7. The van der Waals surface area contributed by atoms with E-state index in [0.29, 0.717) is 6.54 Å². The van der Waals surface area contributed by atoms with Gasteiger partial charge in [-0.15, -0.1) is 10.1 Å². The molecule has 0 aromatic carbocycles. The highest BCUT2D eigenvalue weighted by molar-refractivity contribution is 5.78. The van der Waals surface area contributed by atoms with Crippen LogP contribution < -0.4 is 0 Å². The molecular formula is C14H22N2O7. The third-order valence-electron chi connectivity index (χ3n) is 3.89. The van der Waals surface area contributed by atoms with Crippen LogP contribution in [-0.4, -0.2) is 55.0 Å². The highest BCUT2D eigenvalue weighted by Gasteiger charge is 2.46. The maximum Gasteiger partial charge on any atom is 0.323 e. The summed E-state index contributed by atoms with van der Waals surface area (Å²) in [7, 11) is 3.05. The van der Waals surface area contributed by atoms with Crippen molar-refractivity contribution in [3.63, 3.8) is 0 Å². The van der Waals surface area contributed by atoms with Crippen molar-refractivity contribution < 1.29 is 29.0 Å². The first-order valence-electron chi connectivity index (χ1n) is 7.11. The fraction of sp³-hybridized carbons (Fsp3) is 0.714. The Morgan fingerprint density at radius 2 is 2.09 bits per heavy atom. The van der Waals surface area contributed by atoms with Crippen LogP contribution in [0, 0.1) is 22.0 Å². The van der Waals surface area contributed by atoms with Gasteiger partial charge in [-0.05, 0) is 26.8 Å². The monoisotopic (exact) mass is 330 g/mol. The molecule has 0 saturated carbocycles. The second-order valence-corrected chi connectivity index (χ2v) is 5.61. The fourth-order valence-electron chi connectivity index (χ4n) is 2.93. The molecule has 9 nitrogen and oxygen atoms in total. The van der Waals surface area contributed by atoms with Crippen LogP contribution in [0.3, 0.4) is 0 Å². The molecule has 4 atom stereocenters. The quantitative estimate of drug-likeness (QED) is 0.221. The summed E-state index contributed by atoms with van der Waals surface area (Å²) in [5.74, 6) is -1.58. The zero-order chi connectivity index (χ0) is 17.7. The van der Waals surface area contributed by atoms with E-state index in [2.05, 4.69) is 11.4 Å². The summed E-state index contributed by atoms with van der Waals surface area (Å²) in [5, 5.41) is 9.18. The maximum absolute atomic E-state index is 12.0. The molecule has 0 aliphatic carbocycles. The Kier molecular flexibility index (Phi) is 6.49. The Labute approximate surface area is 134 Å². The van der Waals surface area contributed by atoms with E-state index in [4.69, 9.17) is 9.47 Å². The van der Waals surface area contributed by atoms with E-state index in [1.165, 1.54) is 14.0 Å². The minimum absolute atomic E-state index is 0.0802. The molecule has 1 rings (SSSR count). The summed E-state index contributed by atoms with van der Waals surface area (Å²) in [5.41, 5.74) is 0.843. The lowest BCUT2D eigenvalue weighted by Crippen LogP contribution is -2.39. The summed E-state index contributed by atoms with van der Waals surface area (Å²) in [4.78, 5) is 40.1. The second kappa shape index (κ2) is 7.91. The predicted molar refractivity (Wildman–Crippen MR) is 78.5 cm³/mol. The third-order valence-corrected chi connectivity index (χ3v) is 3.89. The van der Waals surface area contributed by atoms with Gasteiger partial charge >= 0.3 is 11.9 Å². The second-order valence-electron chi connectivity index (χ2n) is 5.61. The average Bonchev–Trinajstić information content (AvgIpc) is 2.73. The van der Waals surface area contributed by atoms with Crippen molar-refractivity contribution in [2.24, 2.45) is 11.8 Å². The number of carbonyl (C=O) groups excluding carboxylic acids is 2. The van der Waals surface area contributed by atoms with Crippen molar-refractivity contribution in [1.29, 1.82) is 0 Å². The van der Waals surface area contributed by atoms with Gasteiger partial charge in [0.25, 0.3) is 5.09 Å². The lowest BCUT2D eigenvalue weighted by molar-refractivity contribution is -0.777. The molecule has 1 fully saturated rings. The van der Waals surface area contributed by atoms with Gasteiger partial charge in [-0.2, -0.15) is 0 Å². The molecular weight excluding hydrogens is 308 g/mol. The van der Waals surface area contributed by atoms with Crippen LogP contribution in [0.4, 0.5) is 0 Å². The van der Waals surface area contributed by atoms with Gasteiger partial charge in [-0.3, -0.25) is 19.3 Å². The summed E-state index contributed by atoms with van der Waals surface area (Å²) < 4.78 is 9.65. The summed E-state index contributed by atoms with van der Waals surface area (Å²) >= 11 is 0. The highest BCUT2D eigenvalue weighted by Crippen LogP contribution is 2.36. The minimum Gasteiger partial charge on any atom is -0.468 e. The molecule has 9 heteroatoms. The van der Waals surface area contributed by atoms with Crippen LogP contribution in [-0.2, 0) is 23.9 Å². The molecule has 0 N–H and O–H groups in total. The average molecular weight is 330 g/mol. The molecule has 1 saturated heterocycles. The highest BCUT2D eigenvalue weighted by atomic mass is 17.0. The fourth-order valence-corrected chi connectivity index (χ4v) is 2.93. The molecule has 1 aliphatic heterocycles. The van der Waals surface area contributed by atoms with E-state index in [0.717, 1.165) is 5.57 Å². The van der Waals surface area contributed by atoms with Crippen LogP contribution in [0.2, 0.25) is 0 Å². The molecule has 0 spiro atoms. The summed E-state index contributed by atoms with van der Waals surface area (Å²) in [6.07, 6.45) is -1.40. The predicted octanol–water partition coefficient (Wildman–Crippen LogP) is 0.769. The Hall–Kier alpha value is -2.16. The number of hydrogen-bond donors (Lipinski definition) is 0. The number of esters is 2. The van der Waals surface area contributed by atoms with Crippen LogP contribution in [0.5, 0.6) is 0 Å².